The standard InChI is InChI=1S/C42H67N3O6/c1-29(2)10-8-11-30(3)34-15-16-35-33-14-13-31-28-32(19-21-41(31,4)36(33)20-22-42(34,35)5)51-40(49)44-23-6-7-26-50-27-24-43-37(46)12-9-25-45-38(47)17-18-39(45)48/h13,17-18,29-30,32-36H,6-12,14-16,19-28H2,1-5H3,(H,43,46)(H,44,49)/t30-,32+,33+,34-,35+,36+,41+,42-/m1/s1. The van der Waals surface area contributed by atoms with Gasteiger partial charge in [0.1, 0.15) is 6.10 Å². The number of rotatable bonds is 18. The number of hydrogen-bond acceptors (Lipinski definition) is 6. The Labute approximate surface area is 307 Å². The monoisotopic (exact) mass is 710 g/mol. The molecule has 3 fully saturated rings. The molecule has 0 aromatic carbocycles. The summed E-state index contributed by atoms with van der Waals surface area (Å²) >= 11 is 0. The van der Waals surface area contributed by atoms with Crippen LogP contribution in [-0.2, 0) is 23.9 Å². The number of imide groups is 1. The van der Waals surface area contributed by atoms with E-state index in [0.717, 1.165) is 72.5 Å². The van der Waals surface area contributed by atoms with E-state index in [4.69, 9.17) is 9.47 Å². The van der Waals surface area contributed by atoms with Gasteiger partial charge in [0.2, 0.25) is 5.91 Å². The number of allylic oxidation sites excluding steroid dienone is 1. The third-order valence-corrected chi connectivity index (χ3v) is 13.8. The third kappa shape index (κ3) is 9.66. The summed E-state index contributed by atoms with van der Waals surface area (Å²) in [5.74, 6) is 4.18. The Morgan fingerprint density at radius 3 is 2.43 bits per heavy atom. The summed E-state index contributed by atoms with van der Waals surface area (Å²) in [6, 6.07) is 0. The maximum Gasteiger partial charge on any atom is 0.407 e. The Morgan fingerprint density at radius 2 is 1.67 bits per heavy atom. The second-order valence-electron chi connectivity index (χ2n) is 17.4. The minimum absolute atomic E-state index is 0.0435. The van der Waals surface area contributed by atoms with E-state index in [1.807, 2.05) is 0 Å². The van der Waals surface area contributed by atoms with Crippen molar-refractivity contribution >= 4 is 23.8 Å². The maximum absolute atomic E-state index is 12.7. The molecule has 0 saturated heterocycles. The van der Waals surface area contributed by atoms with Gasteiger partial charge >= 0.3 is 6.09 Å². The highest BCUT2D eigenvalue weighted by Crippen LogP contribution is 2.67. The minimum atomic E-state index is -0.326. The van der Waals surface area contributed by atoms with Crippen LogP contribution in [0.5, 0.6) is 0 Å². The van der Waals surface area contributed by atoms with Gasteiger partial charge in [-0.2, -0.15) is 0 Å². The summed E-state index contributed by atoms with van der Waals surface area (Å²) in [7, 11) is 0. The van der Waals surface area contributed by atoms with Crippen molar-refractivity contribution in [2.45, 2.75) is 137 Å². The fourth-order valence-corrected chi connectivity index (χ4v) is 11.0. The van der Waals surface area contributed by atoms with Gasteiger partial charge in [-0.05, 0) is 111 Å². The predicted molar refractivity (Wildman–Crippen MR) is 199 cm³/mol. The maximum atomic E-state index is 12.7. The van der Waals surface area contributed by atoms with E-state index in [1.165, 1.54) is 63.5 Å². The lowest BCUT2D eigenvalue weighted by molar-refractivity contribution is -0.137. The molecule has 2 N–H and O–H groups in total. The fraction of sp³-hybridized carbons (Fsp3) is 0.810. The molecule has 8 atom stereocenters. The average Bonchev–Trinajstić information content (AvgIpc) is 3.61. The van der Waals surface area contributed by atoms with Gasteiger partial charge in [0.15, 0.2) is 0 Å². The van der Waals surface area contributed by atoms with Crippen molar-refractivity contribution in [3.63, 3.8) is 0 Å². The largest absolute Gasteiger partial charge is 0.446 e. The average molecular weight is 710 g/mol. The lowest BCUT2D eigenvalue weighted by Gasteiger charge is -2.58. The molecule has 5 rings (SSSR count). The van der Waals surface area contributed by atoms with Crippen LogP contribution >= 0.6 is 0 Å². The number of nitrogens with one attached hydrogen (secondary N) is 2. The molecule has 0 radical (unpaired) electrons. The van der Waals surface area contributed by atoms with Gasteiger partial charge in [0.05, 0.1) is 6.61 Å². The van der Waals surface area contributed by atoms with Gasteiger partial charge in [-0.1, -0.05) is 65.5 Å². The van der Waals surface area contributed by atoms with Crippen molar-refractivity contribution in [1.29, 1.82) is 0 Å². The Hall–Kier alpha value is -2.68. The first-order valence-electron chi connectivity index (χ1n) is 20.4. The number of amides is 4. The highest BCUT2D eigenvalue weighted by atomic mass is 16.6. The summed E-state index contributed by atoms with van der Waals surface area (Å²) in [5.41, 5.74) is 2.30. The second-order valence-corrected chi connectivity index (χ2v) is 17.4. The number of nitrogens with zero attached hydrogens (tertiary/aromatic N) is 1. The van der Waals surface area contributed by atoms with Crippen LogP contribution in [0.4, 0.5) is 4.79 Å². The van der Waals surface area contributed by atoms with E-state index in [9.17, 15) is 19.2 Å². The summed E-state index contributed by atoms with van der Waals surface area (Å²) in [4.78, 5) is 48.9. The molecule has 0 bridgehead atoms. The molecule has 0 aromatic heterocycles. The molecule has 0 spiro atoms. The number of fused-ring (bicyclic) bond motifs is 5. The SMILES string of the molecule is CC(C)CCC[C@@H](C)[C@H]1CC[C@H]2[C@@H]3CC=C4C[C@@H](OC(=O)NCCCCOCCNC(=O)CCCN5C(=O)C=CC5=O)CC[C@]4(C)[C@H]3CC[C@]12C. The second kappa shape index (κ2) is 17.9. The molecular weight excluding hydrogens is 642 g/mol. The first kappa shape index (κ1) is 39.5. The first-order chi connectivity index (χ1) is 24.4. The first-order valence-corrected chi connectivity index (χ1v) is 20.4. The molecule has 9 heteroatoms. The van der Waals surface area contributed by atoms with Crippen LogP contribution in [0.1, 0.15) is 131 Å². The quantitative estimate of drug-likeness (QED) is 0.0856. The molecule has 1 aliphatic heterocycles. The summed E-state index contributed by atoms with van der Waals surface area (Å²) < 4.78 is 11.6. The molecule has 4 amide bonds. The summed E-state index contributed by atoms with van der Waals surface area (Å²) in [6.45, 7) is 14.6. The molecule has 286 valence electrons. The molecule has 5 aliphatic rings. The predicted octanol–water partition coefficient (Wildman–Crippen LogP) is 7.74. The number of alkyl carbamates (subject to hydrolysis) is 1. The van der Waals surface area contributed by atoms with Crippen molar-refractivity contribution < 1.29 is 28.7 Å². The van der Waals surface area contributed by atoms with Crippen molar-refractivity contribution in [3.8, 4) is 0 Å². The highest BCUT2D eigenvalue weighted by molar-refractivity contribution is 6.12. The van der Waals surface area contributed by atoms with Gasteiger partial charge in [-0.25, -0.2) is 4.79 Å². The summed E-state index contributed by atoms with van der Waals surface area (Å²) in [6.07, 6.45) is 20.9. The minimum Gasteiger partial charge on any atom is -0.446 e. The van der Waals surface area contributed by atoms with Crippen LogP contribution in [0.3, 0.4) is 0 Å². The Balaban J connectivity index is 0.937. The van der Waals surface area contributed by atoms with Crippen LogP contribution in [0, 0.1) is 46.3 Å². The van der Waals surface area contributed by atoms with Crippen LogP contribution in [0.15, 0.2) is 23.8 Å². The van der Waals surface area contributed by atoms with E-state index in [-0.39, 0.29) is 48.3 Å². The molecule has 3 saturated carbocycles. The third-order valence-electron chi connectivity index (χ3n) is 13.8. The number of ether oxygens (including phenoxy) is 2. The normalized spacial score (nSPS) is 31.9. The zero-order valence-corrected chi connectivity index (χ0v) is 32.3. The molecule has 4 aliphatic carbocycles. The molecule has 51 heavy (non-hydrogen) atoms. The van der Waals surface area contributed by atoms with Crippen molar-refractivity contribution in [1.82, 2.24) is 15.5 Å². The molecular formula is C42H67N3O6. The molecule has 9 nitrogen and oxygen atoms in total. The van der Waals surface area contributed by atoms with E-state index in [1.54, 1.807) is 5.57 Å². The number of unbranched alkanes of at least 4 members (excludes halogenated alkanes) is 1. The summed E-state index contributed by atoms with van der Waals surface area (Å²) in [5, 5.41) is 5.73. The van der Waals surface area contributed by atoms with E-state index in [0.29, 0.717) is 38.1 Å². The lowest BCUT2D eigenvalue weighted by Crippen LogP contribution is -2.51. The Morgan fingerprint density at radius 1 is 0.882 bits per heavy atom. The van der Waals surface area contributed by atoms with E-state index < -0.39 is 0 Å². The topological polar surface area (TPSA) is 114 Å². The zero-order valence-electron chi connectivity index (χ0n) is 32.3. The number of hydrogen-bond donors (Lipinski definition) is 2. The van der Waals surface area contributed by atoms with Crippen LogP contribution in [-0.4, -0.2) is 67.7 Å². The van der Waals surface area contributed by atoms with Crippen LogP contribution in [0.2, 0.25) is 0 Å². The zero-order chi connectivity index (χ0) is 36.6. The van der Waals surface area contributed by atoms with Crippen molar-refractivity contribution in [2.75, 3.05) is 32.8 Å². The molecule has 0 unspecified atom stereocenters. The van der Waals surface area contributed by atoms with E-state index in [2.05, 4.69) is 51.3 Å². The molecule has 1 heterocycles. The van der Waals surface area contributed by atoms with E-state index >= 15 is 0 Å². The van der Waals surface area contributed by atoms with Crippen molar-refractivity contribution in [2.24, 2.45) is 46.3 Å². The van der Waals surface area contributed by atoms with Gasteiger partial charge in [0, 0.05) is 51.2 Å². The van der Waals surface area contributed by atoms with Crippen LogP contribution < -0.4 is 10.6 Å². The smallest absolute Gasteiger partial charge is 0.407 e. The van der Waals surface area contributed by atoms with Gasteiger partial charge in [0.25, 0.3) is 11.8 Å². The van der Waals surface area contributed by atoms with Crippen LogP contribution in [0.25, 0.3) is 0 Å². The van der Waals surface area contributed by atoms with Crippen molar-refractivity contribution in [3.05, 3.63) is 23.8 Å². The molecule has 0 aromatic rings. The Bertz CT molecular complexity index is 1280. The number of carbonyl (C=O) groups is 4. The fourth-order valence-electron chi connectivity index (χ4n) is 11.0. The number of carbonyl (C=O) groups excluding carboxylic acids is 4. The Kier molecular flexibility index (Phi) is 13.9. The van der Waals surface area contributed by atoms with Gasteiger partial charge in [-0.15, -0.1) is 0 Å². The van der Waals surface area contributed by atoms with Gasteiger partial charge < -0.3 is 20.1 Å². The highest BCUT2D eigenvalue weighted by Gasteiger charge is 2.59. The lowest BCUT2D eigenvalue weighted by atomic mass is 9.47. The van der Waals surface area contributed by atoms with Gasteiger partial charge in [-0.3, -0.25) is 19.3 Å².